The summed E-state index contributed by atoms with van der Waals surface area (Å²) in [4.78, 5) is 17.6. The molecule has 0 saturated carbocycles. The number of amides is 1. The molecule has 136 valence electrons. The van der Waals surface area contributed by atoms with Gasteiger partial charge in [-0.2, -0.15) is 0 Å². The van der Waals surface area contributed by atoms with Gasteiger partial charge in [-0.1, -0.05) is 13.0 Å². The number of carbonyl (C=O) groups is 1. The van der Waals surface area contributed by atoms with Crippen LogP contribution in [0.15, 0.2) is 41.8 Å². The molecule has 2 N–H and O–H groups in total. The summed E-state index contributed by atoms with van der Waals surface area (Å²) in [6.45, 7) is 4.19. The highest BCUT2D eigenvalue weighted by Crippen LogP contribution is 2.25. The number of rotatable bonds is 8. The van der Waals surface area contributed by atoms with E-state index in [1.165, 1.54) is 23.5 Å². The molecule has 3 rings (SSSR count). The molecule has 0 spiro atoms. The van der Waals surface area contributed by atoms with Gasteiger partial charge in [0.05, 0.1) is 10.6 Å². The Balaban J connectivity index is 1.82. The predicted molar refractivity (Wildman–Crippen MR) is 100 cm³/mol. The van der Waals surface area contributed by atoms with Crippen LogP contribution in [0.1, 0.15) is 24.0 Å². The van der Waals surface area contributed by atoms with Crippen molar-refractivity contribution >= 4 is 17.2 Å². The standard InChI is InChI=1S/C18H20FN5OS/c1-2-9-20-10-11-21-18(25)16-22-17(15-4-3-12-26-15)24(23-16)14-7-5-13(19)6-8-14/h3-8,12,20H,2,9-11H2,1H3,(H,21,25). The monoisotopic (exact) mass is 373 g/mol. The van der Waals surface area contributed by atoms with E-state index in [1.807, 2.05) is 17.5 Å². The maximum atomic E-state index is 13.2. The Hall–Kier alpha value is -2.58. The van der Waals surface area contributed by atoms with Gasteiger partial charge in [0.25, 0.3) is 5.91 Å². The Morgan fingerprint density at radius 3 is 2.69 bits per heavy atom. The van der Waals surface area contributed by atoms with Gasteiger partial charge in [0.2, 0.25) is 5.82 Å². The van der Waals surface area contributed by atoms with Crippen molar-refractivity contribution in [3.05, 3.63) is 53.4 Å². The highest BCUT2D eigenvalue weighted by atomic mass is 32.1. The quantitative estimate of drug-likeness (QED) is 0.596. The fourth-order valence-electron chi connectivity index (χ4n) is 2.38. The van der Waals surface area contributed by atoms with Crippen molar-refractivity contribution in [2.75, 3.05) is 19.6 Å². The minimum absolute atomic E-state index is 0.0909. The zero-order chi connectivity index (χ0) is 18.4. The molecule has 0 radical (unpaired) electrons. The topological polar surface area (TPSA) is 71.8 Å². The zero-order valence-electron chi connectivity index (χ0n) is 14.4. The van der Waals surface area contributed by atoms with Gasteiger partial charge < -0.3 is 10.6 Å². The first-order valence-electron chi connectivity index (χ1n) is 8.45. The molecule has 26 heavy (non-hydrogen) atoms. The summed E-state index contributed by atoms with van der Waals surface area (Å²) in [5.41, 5.74) is 0.644. The van der Waals surface area contributed by atoms with Crippen LogP contribution < -0.4 is 10.6 Å². The number of carbonyl (C=O) groups excluding carboxylic acids is 1. The van der Waals surface area contributed by atoms with Crippen molar-refractivity contribution in [3.63, 3.8) is 0 Å². The summed E-state index contributed by atoms with van der Waals surface area (Å²) in [5, 5.41) is 12.3. The molecule has 0 aliphatic rings. The van der Waals surface area contributed by atoms with Gasteiger partial charge in [0.1, 0.15) is 5.82 Å². The van der Waals surface area contributed by atoms with Crippen LogP contribution in [0.2, 0.25) is 0 Å². The van der Waals surface area contributed by atoms with E-state index < -0.39 is 0 Å². The first kappa shape index (κ1) is 18.2. The Bertz CT molecular complexity index is 845. The van der Waals surface area contributed by atoms with E-state index in [9.17, 15) is 9.18 Å². The molecule has 0 aliphatic carbocycles. The molecule has 0 unspecified atom stereocenters. The molecule has 0 bridgehead atoms. The Labute approximate surface area is 155 Å². The number of nitrogens with zero attached hydrogens (tertiary/aromatic N) is 3. The van der Waals surface area contributed by atoms with Crippen LogP contribution in [0.5, 0.6) is 0 Å². The highest BCUT2D eigenvalue weighted by molar-refractivity contribution is 7.13. The Kier molecular flexibility index (Phi) is 6.08. The van der Waals surface area contributed by atoms with Gasteiger partial charge in [-0.05, 0) is 48.7 Å². The average molecular weight is 373 g/mol. The molecule has 0 saturated heterocycles. The minimum Gasteiger partial charge on any atom is -0.348 e. The average Bonchev–Trinajstić information content (AvgIpc) is 3.31. The largest absolute Gasteiger partial charge is 0.348 e. The number of halogens is 1. The van der Waals surface area contributed by atoms with Crippen LogP contribution in [0, 0.1) is 5.82 Å². The molecule has 1 aromatic carbocycles. The van der Waals surface area contributed by atoms with Crippen LogP contribution in [-0.2, 0) is 0 Å². The van der Waals surface area contributed by atoms with Crippen LogP contribution in [0.3, 0.4) is 0 Å². The molecule has 1 amide bonds. The summed E-state index contributed by atoms with van der Waals surface area (Å²) in [7, 11) is 0. The van der Waals surface area contributed by atoms with Crippen molar-refractivity contribution < 1.29 is 9.18 Å². The van der Waals surface area contributed by atoms with E-state index in [-0.39, 0.29) is 17.5 Å². The third-order valence-corrected chi connectivity index (χ3v) is 4.50. The first-order chi connectivity index (χ1) is 12.7. The van der Waals surface area contributed by atoms with Crippen molar-refractivity contribution in [3.8, 4) is 16.4 Å². The summed E-state index contributed by atoms with van der Waals surface area (Å²) in [6, 6.07) is 9.74. The molecule has 8 heteroatoms. The number of benzene rings is 1. The van der Waals surface area contributed by atoms with Crippen LogP contribution in [0.25, 0.3) is 16.4 Å². The van der Waals surface area contributed by atoms with Gasteiger partial charge in [-0.25, -0.2) is 14.1 Å². The predicted octanol–water partition coefficient (Wildman–Crippen LogP) is 2.86. The van der Waals surface area contributed by atoms with E-state index in [4.69, 9.17) is 0 Å². The van der Waals surface area contributed by atoms with E-state index in [1.54, 1.807) is 16.8 Å². The van der Waals surface area contributed by atoms with Gasteiger partial charge >= 0.3 is 0 Å². The van der Waals surface area contributed by atoms with Crippen LogP contribution in [-0.4, -0.2) is 40.3 Å². The Morgan fingerprint density at radius 2 is 2.00 bits per heavy atom. The fraction of sp³-hybridized carbons (Fsp3) is 0.278. The third kappa shape index (κ3) is 4.33. The van der Waals surface area contributed by atoms with Crippen LogP contribution >= 0.6 is 11.3 Å². The number of nitrogens with one attached hydrogen (secondary N) is 2. The number of hydrogen-bond acceptors (Lipinski definition) is 5. The second-order valence-corrected chi connectivity index (χ2v) is 6.58. The minimum atomic E-state index is -0.332. The fourth-order valence-corrected chi connectivity index (χ4v) is 3.08. The number of aromatic nitrogens is 3. The Morgan fingerprint density at radius 1 is 1.19 bits per heavy atom. The maximum absolute atomic E-state index is 13.2. The van der Waals surface area contributed by atoms with Crippen molar-refractivity contribution in [2.45, 2.75) is 13.3 Å². The van der Waals surface area contributed by atoms with Gasteiger partial charge in [0.15, 0.2) is 5.82 Å². The van der Waals surface area contributed by atoms with E-state index >= 15 is 0 Å². The lowest BCUT2D eigenvalue weighted by molar-refractivity contribution is 0.0943. The molecule has 6 nitrogen and oxygen atoms in total. The molecule has 0 atom stereocenters. The molecule has 0 aliphatic heterocycles. The molecule has 2 aromatic heterocycles. The van der Waals surface area contributed by atoms with Crippen molar-refractivity contribution in [1.29, 1.82) is 0 Å². The van der Waals surface area contributed by atoms with E-state index in [0.717, 1.165) is 17.8 Å². The number of hydrogen-bond donors (Lipinski definition) is 2. The van der Waals surface area contributed by atoms with Gasteiger partial charge in [0, 0.05) is 13.1 Å². The second kappa shape index (κ2) is 8.68. The van der Waals surface area contributed by atoms with Crippen molar-refractivity contribution in [1.82, 2.24) is 25.4 Å². The summed E-state index contributed by atoms with van der Waals surface area (Å²) in [6.07, 6.45) is 1.04. The molecule has 0 fully saturated rings. The smallest absolute Gasteiger partial charge is 0.291 e. The summed E-state index contributed by atoms with van der Waals surface area (Å²) in [5.74, 6) is -0.0138. The number of thiophene rings is 1. The SMILES string of the molecule is CCCNCCNC(=O)c1nc(-c2cccs2)n(-c2ccc(F)cc2)n1. The maximum Gasteiger partial charge on any atom is 0.291 e. The molecular formula is C18H20FN5OS. The lowest BCUT2D eigenvalue weighted by Gasteiger charge is -2.04. The van der Waals surface area contributed by atoms with Crippen LogP contribution in [0.4, 0.5) is 4.39 Å². The molecular weight excluding hydrogens is 353 g/mol. The highest BCUT2D eigenvalue weighted by Gasteiger charge is 2.19. The lowest BCUT2D eigenvalue weighted by atomic mass is 10.3. The zero-order valence-corrected chi connectivity index (χ0v) is 15.2. The van der Waals surface area contributed by atoms with E-state index in [0.29, 0.717) is 24.6 Å². The summed E-state index contributed by atoms with van der Waals surface area (Å²) < 4.78 is 14.8. The van der Waals surface area contributed by atoms with Crippen molar-refractivity contribution in [2.24, 2.45) is 0 Å². The second-order valence-electron chi connectivity index (χ2n) is 5.63. The molecule has 2 heterocycles. The van der Waals surface area contributed by atoms with Gasteiger partial charge in [-0.3, -0.25) is 4.79 Å². The first-order valence-corrected chi connectivity index (χ1v) is 9.33. The third-order valence-electron chi connectivity index (χ3n) is 3.64. The van der Waals surface area contributed by atoms with Gasteiger partial charge in [-0.15, -0.1) is 16.4 Å². The summed E-state index contributed by atoms with van der Waals surface area (Å²) >= 11 is 1.50. The van der Waals surface area contributed by atoms with E-state index in [2.05, 4.69) is 27.6 Å². The lowest BCUT2D eigenvalue weighted by Crippen LogP contribution is -2.32. The normalized spacial score (nSPS) is 10.8. The molecule has 3 aromatic rings.